The third-order valence-electron chi connectivity index (χ3n) is 4.65. The standard InChI is InChI=1S/C18H27ClN2O3.C2HF3O2/c1-14-15(7-8-20(2)3)12-23-10-9-21(14)18(22)13-24-17-6-4-5-16(19)11-17;3-2(4,5)1(6)7/h4-6,11,14-15H,7-10,12-13H2,1-3H3;(H,6,7)/t14-,15+;/m0./s1. The molecule has 1 saturated heterocycles. The second-order valence-corrected chi connectivity index (χ2v) is 7.74. The van der Waals surface area contributed by atoms with E-state index in [4.69, 9.17) is 31.0 Å². The quantitative estimate of drug-likeness (QED) is 0.691. The Morgan fingerprint density at radius 3 is 2.55 bits per heavy atom. The lowest BCUT2D eigenvalue weighted by molar-refractivity contribution is -0.192. The predicted octanol–water partition coefficient (Wildman–Crippen LogP) is 3.17. The zero-order valence-corrected chi connectivity index (χ0v) is 18.4. The average molecular weight is 469 g/mol. The van der Waals surface area contributed by atoms with E-state index in [9.17, 15) is 18.0 Å². The van der Waals surface area contributed by atoms with Crippen molar-refractivity contribution in [2.75, 3.05) is 47.0 Å². The third-order valence-corrected chi connectivity index (χ3v) is 4.89. The number of alkyl halides is 3. The molecule has 1 aliphatic rings. The number of carbonyl (C=O) groups is 2. The number of carbonyl (C=O) groups excluding carboxylic acids is 1. The van der Waals surface area contributed by atoms with Crippen molar-refractivity contribution >= 4 is 23.5 Å². The van der Waals surface area contributed by atoms with Gasteiger partial charge in [-0.15, -0.1) is 0 Å². The molecular formula is C20H28ClF3N2O5. The van der Waals surface area contributed by atoms with Crippen molar-refractivity contribution in [3.05, 3.63) is 29.3 Å². The summed E-state index contributed by atoms with van der Waals surface area (Å²) in [6.45, 7) is 4.99. The molecular weight excluding hydrogens is 441 g/mol. The molecule has 0 unspecified atom stereocenters. The van der Waals surface area contributed by atoms with Gasteiger partial charge in [0.15, 0.2) is 6.61 Å². The monoisotopic (exact) mass is 468 g/mol. The lowest BCUT2D eigenvalue weighted by Gasteiger charge is -2.32. The second kappa shape index (κ2) is 12.7. The highest BCUT2D eigenvalue weighted by molar-refractivity contribution is 6.30. The Morgan fingerprint density at radius 1 is 1.35 bits per heavy atom. The second-order valence-electron chi connectivity index (χ2n) is 7.30. The van der Waals surface area contributed by atoms with Gasteiger partial charge in [0, 0.05) is 23.5 Å². The van der Waals surface area contributed by atoms with E-state index in [1.807, 2.05) is 11.0 Å². The molecule has 31 heavy (non-hydrogen) atoms. The molecule has 0 aromatic heterocycles. The summed E-state index contributed by atoms with van der Waals surface area (Å²) in [7, 11) is 4.12. The van der Waals surface area contributed by atoms with Gasteiger partial charge in [-0.25, -0.2) is 4.79 Å². The van der Waals surface area contributed by atoms with Crippen LogP contribution in [0.25, 0.3) is 0 Å². The van der Waals surface area contributed by atoms with Crippen LogP contribution in [0.1, 0.15) is 13.3 Å². The van der Waals surface area contributed by atoms with Gasteiger partial charge in [0.2, 0.25) is 0 Å². The summed E-state index contributed by atoms with van der Waals surface area (Å²) in [5, 5.41) is 7.72. The van der Waals surface area contributed by atoms with E-state index in [2.05, 4.69) is 25.9 Å². The maximum Gasteiger partial charge on any atom is 0.490 e. The molecule has 176 valence electrons. The Bertz CT molecular complexity index is 718. The smallest absolute Gasteiger partial charge is 0.484 e. The van der Waals surface area contributed by atoms with E-state index in [1.165, 1.54) is 0 Å². The largest absolute Gasteiger partial charge is 0.490 e. The molecule has 0 aliphatic carbocycles. The number of carboxylic acids is 1. The fraction of sp³-hybridized carbons (Fsp3) is 0.600. The number of nitrogens with zero attached hydrogens (tertiary/aromatic N) is 2. The number of benzene rings is 1. The molecule has 1 amide bonds. The first kappa shape index (κ1) is 27.0. The molecule has 7 nitrogen and oxygen atoms in total. The Morgan fingerprint density at radius 2 is 2.00 bits per heavy atom. The number of hydrogen-bond donors (Lipinski definition) is 1. The first-order valence-electron chi connectivity index (χ1n) is 9.62. The number of carboxylic acid groups (broad SMARTS) is 1. The van der Waals surface area contributed by atoms with Crippen LogP contribution in [-0.4, -0.2) is 86.0 Å². The summed E-state index contributed by atoms with van der Waals surface area (Å²) in [5.74, 6) is -1.82. The zero-order chi connectivity index (χ0) is 23.6. The van der Waals surface area contributed by atoms with Crippen molar-refractivity contribution in [3.63, 3.8) is 0 Å². The van der Waals surface area contributed by atoms with Crippen LogP contribution >= 0.6 is 11.6 Å². The summed E-state index contributed by atoms with van der Waals surface area (Å²) < 4.78 is 43.0. The first-order valence-corrected chi connectivity index (χ1v) is 10.00. The third kappa shape index (κ3) is 10.2. The molecule has 1 aromatic carbocycles. The Kier molecular flexibility index (Phi) is 11.1. The summed E-state index contributed by atoms with van der Waals surface area (Å²) in [5.41, 5.74) is 0. The van der Waals surface area contributed by atoms with Crippen molar-refractivity contribution in [3.8, 4) is 5.75 Å². The van der Waals surface area contributed by atoms with Crippen LogP contribution in [0.15, 0.2) is 24.3 Å². The molecule has 1 aliphatic heterocycles. The predicted molar refractivity (Wildman–Crippen MR) is 109 cm³/mol. The molecule has 11 heteroatoms. The van der Waals surface area contributed by atoms with Crippen molar-refractivity contribution in [1.29, 1.82) is 0 Å². The maximum atomic E-state index is 12.6. The number of aliphatic carboxylic acids is 1. The van der Waals surface area contributed by atoms with Crippen molar-refractivity contribution in [2.24, 2.45) is 5.92 Å². The highest BCUT2D eigenvalue weighted by atomic mass is 35.5. The SMILES string of the molecule is C[C@H]1[C@H](CCN(C)C)COCCN1C(=O)COc1cccc(Cl)c1.O=C(O)C(F)(F)F. The minimum absolute atomic E-state index is 0.0113. The van der Waals surface area contributed by atoms with E-state index in [1.54, 1.807) is 18.2 Å². The van der Waals surface area contributed by atoms with Crippen molar-refractivity contribution in [1.82, 2.24) is 9.80 Å². The van der Waals surface area contributed by atoms with Gasteiger partial charge in [0.1, 0.15) is 5.75 Å². The highest BCUT2D eigenvalue weighted by Gasteiger charge is 2.38. The summed E-state index contributed by atoms with van der Waals surface area (Å²) in [6.07, 6.45) is -4.08. The summed E-state index contributed by atoms with van der Waals surface area (Å²) in [4.78, 5) is 25.5. The molecule has 1 heterocycles. The minimum Gasteiger partial charge on any atom is -0.484 e. The molecule has 2 atom stereocenters. The normalized spacial score (nSPS) is 19.3. The van der Waals surface area contributed by atoms with Crippen LogP contribution in [-0.2, 0) is 14.3 Å². The molecule has 0 saturated carbocycles. The molecule has 1 aromatic rings. The van der Waals surface area contributed by atoms with Gasteiger partial charge >= 0.3 is 12.1 Å². The molecule has 0 spiro atoms. The fourth-order valence-electron chi connectivity index (χ4n) is 2.88. The first-order chi connectivity index (χ1) is 14.4. The lowest BCUT2D eigenvalue weighted by atomic mass is 9.97. The van der Waals surface area contributed by atoms with Crippen LogP contribution in [0.2, 0.25) is 5.02 Å². The number of amides is 1. The van der Waals surface area contributed by atoms with Crippen LogP contribution in [0.4, 0.5) is 13.2 Å². The van der Waals surface area contributed by atoms with Gasteiger partial charge in [0.25, 0.3) is 5.91 Å². The van der Waals surface area contributed by atoms with Gasteiger partial charge in [-0.05, 0) is 52.2 Å². The van der Waals surface area contributed by atoms with Gasteiger partial charge in [-0.2, -0.15) is 13.2 Å². The van der Waals surface area contributed by atoms with E-state index < -0.39 is 12.1 Å². The summed E-state index contributed by atoms with van der Waals surface area (Å²) in [6, 6.07) is 7.24. The topological polar surface area (TPSA) is 79.3 Å². The molecule has 0 bridgehead atoms. The average Bonchev–Trinajstić information content (AvgIpc) is 2.85. The van der Waals surface area contributed by atoms with E-state index in [0.717, 1.165) is 13.0 Å². The minimum atomic E-state index is -5.08. The number of rotatable bonds is 6. The highest BCUT2D eigenvalue weighted by Crippen LogP contribution is 2.21. The van der Waals surface area contributed by atoms with Crippen molar-refractivity contribution < 1.29 is 37.3 Å². The van der Waals surface area contributed by atoms with Crippen LogP contribution in [0.5, 0.6) is 5.75 Å². The molecule has 0 radical (unpaired) electrons. The van der Waals surface area contributed by atoms with Gasteiger partial charge in [0.05, 0.1) is 13.2 Å². The van der Waals surface area contributed by atoms with E-state index in [-0.39, 0.29) is 18.6 Å². The van der Waals surface area contributed by atoms with Crippen LogP contribution < -0.4 is 4.74 Å². The lowest BCUT2D eigenvalue weighted by Crippen LogP contribution is -2.45. The van der Waals surface area contributed by atoms with Gasteiger partial charge < -0.3 is 24.4 Å². The Hall–Kier alpha value is -2.04. The molecule has 1 N–H and O–H groups in total. The zero-order valence-electron chi connectivity index (χ0n) is 17.7. The van der Waals surface area contributed by atoms with Crippen molar-refractivity contribution in [2.45, 2.75) is 25.6 Å². The fourth-order valence-corrected chi connectivity index (χ4v) is 3.06. The van der Waals surface area contributed by atoms with Gasteiger partial charge in [-0.1, -0.05) is 17.7 Å². The number of hydrogen-bond acceptors (Lipinski definition) is 5. The van der Waals surface area contributed by atoms with Gasteiger partial charge in [-0.3, -0.25) is 4.79 Å². The maximum absolute atomic E-state index is 12.6. The molecule has 1 fully saturated rings. The Balaban J connectivity index is 0.000000592. The van der Waals surface area contributed by atoms with E-state index in [0.29, 0.717) is 36.4 Å². The Labute approximate surface area is 184 Å². The van der Waals surface area contributed by atoms with Crippen LogP contribution in [0, 0.1) is 5.92 Å². The number of halogens is 4. The molecule has 2 rings (SSSR count). The van der Waals surface area contributed by atoms with E-state index >= 15 is 0 Å². The number of ether oxygens (including phenoxy) is 2. The summed E-state index contributed by atoms with van der Waals surface area (Å²) >= 11 is 5.94. The van der Waals surface area contributed by atoms with Crippen LogP contribution in [0.3, 0.4) is 0 Å².